The van der Waals surface area contributed by atoms with Gasteiger partial charge in [0.2, 0.25) is 0 Å². The normalized spacial score (nSPS) is 20.5. The van der Waals surface area contributed by atoms with Crippen molar-refractivity contribution in [2.75, 3.05) is 33.7 Å². The number of aryl methyl sites for hydroxylation is 1. The third kappa shape index (κ3) is 2.74. The van der Waals surface area contributed by atoms with Crippen LogP contribution in [0, 0.1) is 0 Å². The van der Waals surface area contributed by atoms with Gasteiger partial charge in [0.25, 0.3) is 0 Å². The average Bonchev–Trinajstić information content (AvgIpc) is 2.76. The van der Waals surface area contributed by atoms with Crippen LogP contribution in [0.15, 0.2) is 12.4 Å². The minimum atomic E-state index is 0.155. The summed E-state index contributed by atoms with van der Waals surface area (Å²) in [5.41, 5.74) is 7.47. The van der Waals surface area contributed by atoms with E-state index in [1.54, 1.807) is 0 Å². The monoisotopic (exact) mass is 251 g/mol. The summed E-state index contributed by atoms with van der Waals surface area (Å²) in [4.78, 5) is 4.79. The first kappa shape index (κ1) is 13.5. The van der Waals surface area contributed by atoms with Gasteiger partial charge in [-0.05, 0) is 40.0 Å². The van der Waals surface area contributed by atoms with Gasteiger partial charge < -0.3 is 10.6 Å². The van der Waals surface area contributed by atoms with Gasteiger partial charge in [-0.2, -0.15) is 5.10 Å². The van der Waals surface area contributed by atoms with Gasteiger partial charge in [0, 0.05) is 37.4 Å². The molecule has 102 valence electrons. The number of likely N-dealkylation sites (tertiary alicyclic amines) is 1. The van der Waals surface area contributed by atoms with E-state index in [4.69, 9.17) is 5.73 Å². The minimum Gasteiger partial charge on any atom is -0.329 e. The predicted molar refractivity (Wildman–Crippen MR) is 73.2 cm³/mol. The topological polar surface area (TPSA) is 50.3 Å². The Kier molecular flexibility index (Phi) is 4.04. The van der Waals surface area contributed by atoms with E-state index in [0.717, 1.165) is 39.0 Å². The van der Waals surface area contributed by atoms with E-state index in [-0.39, 0.29) is 5.54 Å². The Morgan fingerprint density at radius 2 is 2.06 bits per heavy atom. The van der Waals surface area contributed by atoms with Crippen LogP contribution in [0.5, 0.6) is 0 Å². The van der Waals surface area contributed by atoms with Crippen LogP contribution in [-0.2, 0) is 13.6 Å². The molecule has 0 saturated carbocycles. The molecule has 0 aromatic carbocycles. The summed E-state index contributed by atoms with van der Waals surface area (Å²) in [5.74, 6) is 0. The van der Waals surface area contributed by atoms with Gasteiger partial charge in [0.05, 0.1) is 6.20 Å². The van der Waals surface area contributed by atoms with Crippen molar-refractivity contribution in [1.82, 2.24) is 19.6 Å². The second-order valence-electron chi connectivity index (χ2n) is 5.61. The molecule has 5 nitrogen and oxygen atoms in total. The number of rotatable bonds is 4. The molecular weight excluding hydrogens is 226 g/mol. The smallest absolute Gasteiger partial charge is 0.0534 e. The van der Waals surface area contributed by atoms with Gasteiger partial charge in [-0.1, -0.05) is 0 Å². The fourth-order valence-corrected chi connectivity index (χ4v) is 2.77. The van der Waals surface area contributed by atoms with Crippen LogP contribution < -0.4 is 5.73 Å². The minimum absolute atomic E-state index is 0.155. The molecule has 0 radical (unpaired) electrons. The highest BCUT2D eigenvalue weighted by molar-refractivity contribution is 5.06. The Labute approximate surface area is 110 Å². The molecule has 1 saturated heterocycles. The molecule has 1 aliphatic heterocycles. The van der Waals surface area contributed by atoms with Crippen LogP contribution in [-0.4, -0.2) is 58.8 Å². The molecule has 0 bridgehead atoms. The highest BCUT2D eigenvalue weighted by Crippen LogP contribution is 2.27. The molecule has 2 heterocycles. The van der Waals surface area contributed by atoms with Crippen molar-refractivity contribution in [3.05, 3.63) is 18.0 Å². The Bertz CT molecular complexity index is 378. The van der Waals surface area contributed by atoms with Crippen LogP contribution in [0.1, 0.15) is 18.4 Å². The lowest BCUT2D eigenvalue weighted by Gasteiger charge is -2.46. The molecule has 1 aromatic heterocycles. The summed E-state index contributed by atoms with van der Waals surface area (Å²) in [6.07, 6.45) is 6.32. The largest absolute Gasteiger partial charge is 0.329 e. The van der Waals surface area contributed by atoms with Gasteiger partial charge in [-0.25, -0.2) is 0 Å². The molecule has 1 aromatic rings. The van der Waals surface area contributed by atoms with Gasteiger partial charge in [-0.3, -0.25) is 9.58 Å². The zero-order chi connectivity index (χ0) is 13.2. The van der Waals surface area contributed by atoms with Crippen molar-refractivity contribution >= 4 is 0 Å². The molecule has 0 amide bonds. The Morgan fingerprint density at radius 3 is 2.56 bits per heavy atom. The molecule has 2 rings (SSSR count). The van der Waals surface area contributed by atoms with Crippen LogP contribution >= 0.6 is 0 Å². The number of likely N-dealkylation sites (N-methyl/N-ethyl adjacent to an activating group) is 1. The van der Waals surface area contributed by atoms with Crippen LogP contribution in [0.3, 0.4) is 0 Å². The molecule has 0 unspecified atom stereocenters. The first-order chi connectivity index (χ1) is 8.55. The second-order valence-corrected chi connectivity index (χ2v) is 5.61. The molecule has 1 aliphatic rings. The Balaban J connectivity index is 2.03. The molecule has 1 fully saturated rings. The molecule has 0 aliphatic carbocycles. The lowest BCUT2D eigenvalue weighted by molar-refractivity contribution is 0.0485. The van der Waals surface area contributed by atoms with Gasteiger partial charge in [0.1, 0.15) is 0 Å². The summed E-state index contributed by atoms with van der Waals surface area (Å²) < 4.78 is 1.85. The van der Waals surface area contributed by atoms with Crippen LogP contribution in [0.2, 0.25) is 0 Å². The third-order valence-corrected chi connectivity index (χ3v) is 4.29. The maximum atomic E-state index is 6.06. The van der Waals surface area contributed by atoms with Crippen molar-refractivity contribution in [3.8, 4) is 0 Å². The zero-order valence-electron chi connectivity index (χ0n) is 11.8. The van der Waals surface area contributed by atoms with Crippen LogP contribution in [0.25, 0.3) is 0 Å². The molecule has 0 spiro atoms. The Hall–Kier alpha value is -0.910. The Morgan fingerprint density at radius 1 is 1.39 bits per heavy atom. The summed E-state index contributed by atoms with van der Waals surface area (Å²) in [7, 11) is 6.32. The first-order valence-electron chi connectivity index (χ1n) is 6.63. The van der Waals surface area contributed by atoms with E-state index < -0.39 is 0 Å². The SMILES string of the molecule is CN1CCC(CN)(N(C)Cc2cnn(C)c2)CC1. The van der Waals surface area contributed by atoms with Crippen molar-refractivity contribution in [2.24, 2.45) is 12.8 Å². The van der Waals surface area contributed by atoms with E-state index in [2.05, 4.69) is 35.2 Å². The lowest BCUT2D eigenvalue weighted by atomic mass is 9.86. The summed E-state index contributed by atoms with van der Waals surface area (Å²) >= 11 is 0. The fraction of sp³-hybridized carbons (Fsp3) is 0.769. The number of piperidine rings is 1. The number of nitrogens with two attached hydrogens (primary N) is 1. The highest BCUT2D eigenvalue weighted by atomic mass is 15.3. The molecule has 0 atom stereocenters. The summed E-state index contributed by atoms with van der Waals surface area (Å²) in [6.45, 7) is 3.93. The second kappa shape index (κ2) is 5.38. The van der Waals surface area contributed by atoms with Crippen molar-refractivity contribution in [2.45, 2.75) is 24.9 Å². The zero-order valence-corrected chi connectivity index (χ0v) is 11.8. The summed E-state index contributed by atoms with van der Waals surface area (Å²) in [6, 6.07) is 0. The predicted octanol–water partition coefficient (Wildman–Crippen LogP) is 0.275. The average molecular weight is 251 g/mol. The van der Waals surface area contributed by atoms with Gasteiger partial charge in [-0.15, -0.1) is 0 Å². The van der Waals surface area contributed by atoms with E-state index in [1.807, 2.05) is 17.9 Å². The maximum Gasteiger partial charge on any atom is 0.0534 e. The van der Waals surface area contributed by atoms with E-state index in [1.165, 1.54) is 5.56 Å². The van der Waals surface area contributed by atoms with Crippen molar-refractivity contribution in [1.29, 1.82) is 0 Å². The first-order valence-corrected chi connectivity index (χ1v) is 6.63. The van der Waals surface area contributed by atoms with E-state index >= 15 is 0 Å². The van der Waals surface area contributed by atoms with Crippen LogP contribution in [0.4, 0.5) is 0 Å². The highest BCUT2D eigenvalue weighted by Gasteiger charge is 2.36. The summed E-state index contributed by atoms with van der Waals surface area (Å²) in [5, 5.41) is 4.23. The van der Waals surface area contributed by atoms with Gasteiger partial charge in [0.15, 0.2) is 0 Å². The van der Waals surface area contributed by atoms with Crippen molar-refractivity contribution in [3.63, 3.8) is 0 Å². The fourth-order valence-electron chi connectivity index (χ4n) is 2.77. The molecule has 5 heteroatoms. The number of aromatic nitrogens is 2. The quantitative estimate of drug-likeness (QED) is 0.835. The van der Waals surface area contributed by atoms with E-state index in [0.29, 0.717) is 0 Å². The van der Waals surface area contributed by atoms with E-state index in [9.17, 15) is 0 Å². The molecule has 2 N–H and O–H groups in total. The standard InChI is InChI=1S/C13H25N5/c1-16-6-4-13(11-14,5-7-16)17(2)9-12-8-15-18(3)10-12/h8,10H,4-7,9,11,14H2,1-3H3. The molecule has 18 heavy (non-hydrogen) atoms. The maximum absolute atomic E-state index is 6.06. The number of hydrogen-bond donors (Lipinski definition) is 1. The van der Waals surface area contributed by atoms with Crippen molar-refractivity contribution < 1.29 is 0 Å². The number of nitrogens with zero attached hydrogens (tertiary/aromatic N) is 4. The lowest BCUT2D eigenvalue weighted by Crippen LogP contribution is -2.57. The number of hydrogen-bond acceptors (Lipinski definition) is 4. The van der Waals surface area contributed by atoms with Gasteiger partial charge >= 0.3 is 0 Å². The third-order valence-electron chi connectivity index (χ3n) is 4.29. The molecular formula is C13H25N5.